The Morgan fingerprint density at radius 1 is 1.12 bits per heavy atom. The van der Waals surface area contributed by atoms with E-state index in [2.05, 4.69) is 80.1 Å². The minimum Gasteiger partial charge on any atom is -0.414 e. The Morgan fingerprint density at radius 3 is 2.15 bits per heavy atom. The number of Topliss-reactive ketones (excluding diaryl/α,β-unsaturated/α-hetero) is 1. The summed E-state index contributed by atoms with van der Waals surface area (Å²) in [6, 6.07) is 0. The Morgan fingerprint density at radius 2 is 1.65 bits per heavy atom. The van der Waals surface area contributed by atoms with Crippen LogP contribution >= 0.6 is 15.9 Å². The van der Waals surface area contributed by atoms with Gasteiger partial charge >= 0.3 is 0 Å². The molecule has 1 unspecified atom stereocenters. The van der Waals surface area contributed by atoms with Crippen molar-refractivity contribution in [2.45, 2.75) is 96.9 Å². The molecule has 0 radical (unpaired) electrons. The van der Waals surface area contributed by atoms with Gasteiger partial charge in [0.15, 0.2) is 8.32 Å². The van der Waals surface area contributed by atoms with Crippen LogP contribution in [0.4, 0.5) is 0 Å². The third kappa shape index (κ3) is 12.5. The van der Waals surface area contributed by atoms with Crippen molar-refractivity contribution in [1.29, 1.82) is 0 Å². The molecule has 26 heavy (non-hydrogen) atoms. The zero-order valence-electron chi connectivity index (χ0n) is 17.4. The second kappa shape index (κ2) is 12.6. The van der Waals surface area contributed by atoms with E-state index in [9.17, 15) is 4.79 Å². The lowest BCUT2D eigenvalue weighted by atomic mass is 10.1. The molecular formula is C22H35BrO2Si. The molecule has 0 bridgehead atoms. The molecule has 0 heterocycles. The van der Waals surface area contributed by atoms with Crippen LogP contribution in [0, 0.1) is 23.7 Å². The number of unbranched alkanes of at least 4 members (excludes halogenated alkanes) is 3. The van der Waals surface area contributed by atoms with Crippen LogP contribution in [0.15, 0.2) is 11.1 Å². The molecule has 4 heteroatoms. The third-order valence-corrected chi connectivity index (χ3v) is 9.41. The molecule has 0 aliphatic heterocycles. The highest BCUT2D eigenvalue weighted by Crippen LogP contribution is 2.38. The first-order chi connectivity index (χ1) is 12.0. The monoisotopic (exact) mass is 438 g/mol. The number of ketones is 1. The van der Waals surface area contributed by atoms with Gasteiger partial charge in [-0.15, -0.1) is 11.8 Å². The molecule has 0 fully saturated rings. The summed E-state index contributed by atoms with van der Waals surface area (Å²) in [6.45, 7) is 16.8. The average molecular weight is 440 g/mol. The van der Waals surface area contributed by atoms with E-state index in [4.69, 9.17) is 4.43 Å². The molecule has 0 aromatic rings. The molecule has 0 aliphatic rings. The summed E-state index contributed by atoms with van der Waals surface area (Å²) in [7, 11) is -1.78. The fourth-order valence-corrected chi connectivity index (χ4v) is 3.82. The predicted molar refractivity (Wildman–Crippen MR) is 119 cm³/mol. The lowest BCUT2D eigenvalue weighted by Gasteiger charge is -2.39. The first kappa shape index (κ1) is 25.2. The van der Waals surface area contributed by atoms with Gasteiger partial charge in [-0.3, -0.25) is 4.79 Å². The number of halogens is 1. The van der Waals surface area contributed by atoms with Gasteiger partial charge in [0, 0.05) is 32.6 Å². The largest absolute Gasteiger partial charge is 0.414 e. The normalized spacial score (nSPS) is 12.4. The Kier molecular flexibility index (Phi) is 12.2. The molecule has 0 spiro atoms. The van der Waals surface area contributed by atoms with Crippen LogP contribution in [0.1, 0.15) is 72.6 Å². The van der Waals surface area contributed by atoms with Gasteiger partial charge < -0.3 is 4.43 Å². The summed E-state index contributed by atoms with van der Waals surface area (Å²) in [5.41, 5.74) is 0. The van der Waals surface area contributed by atoms with Gasteiger partial charge in [-0.1, -0.05) is 49.2 Å². The van der Waals surface area contributed by atoms with Crippen LogP contribution in [0.2, 0.25) is 18.1 Å². The van der Waals surface area contributed by atoms with Crippen LogP contribution in [0.3, 0.4) is 0 Å². The summed E-state index contributed by atoms with van der Waals surface area (Å²) < 4.78 is 7.53. The van der Waals surface area contributed by atoms with Crippen molar-refractivity contribution < 1.29 is 9.22 Å². The van der Waals surface area contributed by atoms with Crippen molar-refractivity contribution >= 4 is 30.0 Å². The molecule has 0 aliphatic carbocycles. The molecule has 0 N–H and O–H groups in total. The van der Waals surface area contributed by atoms with E-state index in [1.807, 2.05) is 0 Å². The van der Waals surface area contributed by atoms with E-state index >= 15 is 0 Å². The van der Waals surface area contributed by atoms with Gasteiger partial charge in [0.2, 0.25) is 5.78 Å². The maximum Gasteiger partial charge on any atom is 0.202 e. The van der Waals surface area contributed by atoms with Gasteiger partial charge in [-0.05, 0) is 47.8 Å². The van der Waals surface area contributed by atoms with Crippen molar-refractivity contribution in [3.05, 3.63) is 11.1 Å². The number of rotatable bonds is 9. The standard InChI is InChI=1S/C22H35BrO2Si/c1-19(23)18-21(25-26(6,7)22(3,4)5)17-15-13-11-9-8-10-12-14-16-20(2)24/h21H,1,8-10,12,15,17-18H2,2-7H3. The lowest BCUT2D eigenvalue weighted by Crippen LogP contribution is -2.44. The highest BCUT2D eigenvalue weighted by Gasteiger charge is 2.38. The van der Waals surface area contributed by atoms with Gasteiger partial charge in [0.05, 0.1) is 6.10 Å². The molecule has 146 valence electrons. The number of hydrogen-bond donors (Lipinski definition) is 0. The third-order valence-electron chi connectivity index (χ3n) is 4.55. The minimum atomic E-state index is -1.78. The molecular weight excluding hydrogens is 404 g/mol. The topological polar surface area (TPSA) is 26.3 Å². The summed E-state index contributed by atoms with van der Waals surface area (Å²) >= 11 is 3.48. The van der Waals surface area contributed by atoms with Crippen molar-refractivity contribution in [3.8, 4) is 23.7 Å². The summed E-state index contributed by atoms with van der Waals surface area (Å²) in [5.74, 6) is 11.9. The maximum atomic E-state index is 10.7. The molecule has 2 nitrogen and oxygen atoms in total. The molecule has 0 saturated carbocycles. The highest BCUT2D eigenvalue weighted by atomic mass is 79.9. The average Bonchev–Trinajstić information content (AvgIpc) is 2.46. The molecule has 0 aromatic carbocycles. The van der Waals surface area contributed by atoms with Crippen LogP contribution in [0.5, 0.6) is 0 Å². The predicted octanol–water partition coefficient (Wildman–Crippen LogP) is 6.61. The lowest BCUT2D eigenvalue weighted by molar-refractivity contribution is -0.111. The van der Waals surface area contributed by atoms with Gasteiger partial charge in [-0.2, -0.15) is 0 Å². The molecule has 1 atom stereocenters. The van der Waals surface area contributed by atoms with E-state index in [0.717, 1.165) is 49.4 Å². The molecule has 0 saturated heterocycles. The Hall–Kier alpha value is -0.813. The molecule has 0 rings (SSSR count). The van der Waals surface area contributed by atoms with Gasteiger partial charge in [0.1, 0.15) is 0 Å². The number of carbonyl (C=O) groups is 1. The maximum absolute atomic E-state index is 10.7. The van der Waals surface area contributed by atoms with Crippen molar-refractivity contribution in [3.63, 3.8) is 0 Å². The van der Waals surface area contributed by atoms with Crippen LogP contribution in [0.25, 0.3) is 0 Å². The first-order valence-corrected chi connectivity index (χ1v) is 13.1. The SMILES string of the molecule is C=C(Br)CC(CCC#CCCCCC#CC(C)=O)O[Si](C)(C)C(C)(C)C. The summed E-state index contributed by atoms with van der Waals surface area (Å²) in [5, 5.41) is 0.204. The van der Waals surface area contributed by atoms with Crippen molar-refractivity contribution in [1.82, 2.24) is 0 Å². The van der Waals surface area contributed by atoms with Crippen molar-refractivity contribution in [2.75, 3.05) is 0 Å². The van der Waals surface area contributed by atoms with Crippen LogP contribution in [-0.4, -0.2) is 20.2 Å². The quantitative estimate of drug-likeness (QED) is 0.175. The number of carbonyl (C=O) groups excluding carboxylic acids is 1. The van der Waals surface area contributed by atoms with Crippen molar-refractivity contribution in [2.24, 2.45) is 0 Å². The van der Waals surface area contributed by atoms with Crippen LogP contribution < -0.4 is 0 Å². The number of hydrogen-bond acceptors (Lipinski definition) is 2. The summed E-state index contributed by atoms with van der Waals surface area (Å²) in [4.78, 5) is 10.7. The zero-order valence-corrected chi connectivity index (χ0v) is 20.0. The van der Waals surface area contributed by atoms with Gasteiger partial charge in [0.25, 0.3) is 0 Å². The van der Waals surface area contributed by atoms with E-state index in [1.165, 1.54) is 6.92 Å². The minimum absolute atomic E-state index is 0.0644. The van der Waals surface area contributed by atoms with Crippen LogP contribution in [-0.2, 0) is 9.22 Å². The molecule has 0 amide bonds. The highest BCUT2D eigenvalue weighted by molar-refractivity contribution is 9.11. The second-order valence-corrected chi connectivity index (χ2v) is 14.1. The first-order valence-electron chi connectivity index (χ1n) is 9.42. The molecule has 0 aromatic heterocycles. The Balaban J connectivity index is 4.30. The summed E-state index contributed by atoms with van der Waals surface area (Å²) in [6.07, 6.45) is 6.49. The Bertz CT molecular complexity index is 579. The zero-order chi connectivity index (χ0) is 20.2. The fraction of sp³-hybridized carbons (Fsp3) is 0.682. The van der Waals surface area contributed by atoms with E-state index in [-0.39, 0.29) is 16.9 Å². The van der Waals surface area contributed by atoms with E-state index < -0.39 is 8.32 Å². The Labute approximate surface area is 170 Å². The second-order valence-electron chi connectivity index (χ2n) is 8.18. The fourth-order valence-electron chi connectivity index (χ4n) is 2.07. The smallest absolute Gasteiger partial charge is 0.202 e. The van der Waals surface area contributed by atoms with E-state index in [1.54, 1.807) is 0 Å². The van der Waals surface area contributed by atoms with E-state index in [0.29, 0.717) is 0 Å². The van der Waals surface area contributed by atoms with Gasteiger partial charge in [-0.25, -0.2) is 0 Å².